The Labute approximate surface area is 193 Å². The fourth-order valence-electron chi connectivity index (χ4n) is 5.11. The number of rotatable bonds is 8. The molecule has 33 heavy (non-hydrogen) atoms. The van der Waals surface area contributed by atoms with Gasteiger partial charge in [-0.1, -0.05) is 91.0 Å². The third-order valence-corrected chi connectivity index (χ3v) is 6.46. The Morgan fingerprint density at radius 2 is 1.30 bits per heavy atom. The second kappa shape index (κ2) is 9.98. The van der Waals surface area contributed by atoms with Crippen molar-refractivity contribution in [3.8, 4) is 0 Å². The van der Waals surface area contributed by atoms with Gasteiger partial charge in [0.1, 0.15) is 0 Å². The lowest BCUT2D eigenvalue weighted by Crippen LogP contribution is -2.64. The first kappa shape index (κ1) is 22.7. The maximum Gasteiger partial charge on any atom is 0.308 e. The second-order valence-electron chi connectivity index (χ2n) is 8.32. The van der Waals surface area contributed by atoms with E-state index in [4.69, 9.17) is 0 Å². The molecule has 0 amide bonds. The zero-order chi connectivity index (χ0) is 23.3. The van der Waals surface area contributed by atoms with Gasteiger partial charge in [-0.05, 0) is 16.7 Å². The first-order chi connectivity index (χ1) is 16.0. The van der Waals surface area contributed by atoms with Crippen molar-refractivity contribution >= 4 is 11.9 Å². The number of hydrogen-bond donors (Lipinski definition) is 3. The summed E-state index contributed by atoms with van der Waals surface area (Å²) in [5.41, 5.74) is 2.24. The highest BCUT2D eigenvalue weighted by molar-refractivity contribution is 5.78. The Morgan fingerprint density at radius 1 is 0.848 bits per heavy atom. The third-order valence-electron chi connectivity index (χ3n) is 6.46. The van der Waals surface area contributed by atoms with Crippen LogP contribution in [0.3, 0.4) is 0 Å². The lowest BCUT2D eigenvalue weighted by atomic mass is 9.73. The Bertz CT molecular complexity index is 976. The van der Waals surface area contributed by atoms with E-state index in [1.807, 2.05) is 54.6 Å². The molecular weight excluding hydrogens is 416 g/mol. The lowest BCUT2D eigenvalue weighted by molar-refractivity contribution is -0.152. The molecule has 4 rings (SSSR count). The summed E-state index contributed by atoms with van der Waals surface area (Å²) in [5.74, 6) is -3.28. The van der Waals surface area contributed by atoms with Crippen molar-refractivity contribution in [2.45, 2.75) is 18.0 Å². The minimum absolute atomic E-state index is 0.387. The number of aliphatic carboxylic acids is 2. The van der Waals surface area contributed by atoms with Crippen molar-refractivity contribution in [3.05, 3.63) is 108 Å². The van der Waals surface area contributed by atoms with E-state index in [-0.39, 0.29) is 0 Å². The molecule has 1 fully saturated rings. The molecule has 1 aliphatic rings. The van der Waals surface area contributed by atoms with Crippen LogP contribution in [0.15, 0.2) is 91.0 Å². The Kier molecular flexibility index (Phi) is 6.87. The topological polar surface area (TPSA) is 89.9 Å². The van der Waals surface area contributed by atoms with Gasteiger partial charge >= 0.3 is 11.9 Å². The summed E-state index contributed by atoms with van der Waals surface area (Å²) in [6.07, 6.45) is -0.438. The van der Waals surface area contributed by atoms with Gasteiger partial charge in [0.25, 0.3) is 0 Å². The average molecular weight is 445 g/mol. The van der Waals surface area contributed by atoms with Gasteiger partial charge in [0, 0.05) is 25.7 Å². The zero-order valence-electron chi connectivity index (χ0n) is 18.3. The molecule has 0 aromatic heterocycles. The molecule has 0 spiro atoms. The molecule has 0 bridgehead atoms. The van der Waals surface area contributed by atoms with Gasteiger partial charge in [0.2, 0.25) is 0 Å². The van der Waals surface area contributed by atoms with E-state index in [1.54, 1.807) is 0 Å². The van der Waals surface area contributed by atoms with Crippen LogP contribution in [0.5, 0.6) is 0 Å². The number of nitrogens with one attached hydrogen (secondary N) is 1. The van der Waals surface area contributed by atoms with E-state index < -0.39 is 35.9 Å². The Morgan fingerprint density at radius 3 is 1.70 bits per heavy atom. The molecule has 0 aliphatic carbocycles. The normalized spacial score (nSPS) is 17.9. The molecule has 0 radical (unpaired) electrons. The maximum absolute atomic E-state index is 12.3. The average Bonchev–Trinajstić information content (AvgIpc) is 2.85. The summed E-state index contributed by atoms with van der Waals surface area (Å²) in [4.78, 5) is 26.1. The Hall–Kier alpha value is -3.48. The lowest BCUT2D eigenvalue weighted by Gasteiger charge is -2.52. The van der Waals surface area contributed by atoms with Crippen molar-refractivity contribution in [3.63, 3.8) is 0 Å². The monoisotopic (exact) mass is 444 g/mol. The third kappa shape index (κ3) is 4.40. The van der Waals surface area contributed by atoms with Gasteiger partial charge in [0.05, 0.1) is 17.9 Å². The van der Waals surface area contributed by atoms with E-state index in [0.29, 0.717) is 19.6 Å². The van der Waals surface area contributed by atoms with Gasteiger partial charge in [-0.2, -0.15) is 0 Å². The molecular formula is C27H28N2O4. The second-order valence-corrected chi connectivity index (χ2v) is 8.32. The molecule has 3 aromatic carbocycles. The van der Waals surface area contributed by atoms with Gasteiger partial charge < -0.3 is 15.5 Å². The van der Waals surface area contributed by atoms with Crippen molar-refractivity contribution in [1.82, 2.24) is 10.2 Å². The first-order valence-electron chi connectivity index (χ1n) is 11.1. The molecule has 2 atom stereocenters. The van der Waals surface area contributed by atoms with E-state index in [0.717, 1.165) is 16.7 Å². The summed E-state index contributed by atoms with van der Waals surface area (Å²) in [6.45, 7) is 1.62. The summed E-state index contributed by atoms with van der Waals surface area (Å²) in [6, 6.07) is 29.6. The fraction of sp³-hybridized carbons (Fsp3) is 0.259. The van der Waals surface area contributed by atoms with E-state index in [1.165, 1.54) is 0 Å². The highest BCUT2D eigenvalue weighted by atomic mass is 16.4. The van der Waals surface area contributed by atoms with Crippen molar-refractivity contribution in [1.29, 1.82) is 0 Å². The number of hydrogen-bond acceptors (Lipinski definition) is 4. The van der Waals surface area contributed by atoms with Gasteiger partial charge in [-0.15, -0.1) is 0 Å². The fourth-order valence-corrected chi connectivity index (χ4v) is 5.11. The number of carboxylic acid groups (broad SMARTS) is 2. The highest BCUT2D eigenvalue weighted by Crippen LogP contribution is 2.45. The zero-order valence-corrected chi connectivity index (χ0v) is 18.3. The number of carboxylic acids is 2. The van der Waals surface area contributed by atoms with Gasteiger partial charge in [-0.3, -0.25) is 14.5 Å². The predicted octanol–water partition coefficient (Wildman–Crippen LogP) is 3.43. The number of nitrogens with zero attached hydrogens (tertiary/aromatic N) is 1. The van der Waals surface area contributed by atoms with Crippen LogP contribution in [0.2, 0.25) is 0 Å². The molecule has 6 heteroatoms. The van der Waals surface area contributed by atoms with E-state index in [9.17, 15) is 19.8 Å². The minimum Gasteiger partial charge on any atom is -0.481 e. The van der Waals surface area contributed by atoms with Crippen molar-refractivity contribution in [2.24, 2.45) is 5.92 Å². The molecule has 3 N–H and O–H groups in total. The number of piperazine rings is 1. The van der Waals surface area contributed by atoms with Gasteiger partial charge in [-0.25, -0.2) is 0 Å². The van der Waals surface area contributed by atoms with Crippen LogP contribution in [-0.4, -0.2) is 52.7 Å². The smallest absolute Gasteiger partial charge is 0.308 e. The SMILES string of the molecule is O=C(O)CC(C(=O)O)C1CNCCN1C(c1ccccc1)(c1ccccc1)c1ccccc1. The predicted molar refractivity (Wildman–Crippen MR) is 126 cm³/mol. The molecule has 3 aromatic rings. The summed E-state index contributed by atoms with van der Waals surface area (Å²) in [7, 11) is 0. The minimum atomic E-state index is -1.11. The van der Waals surface area contributed by atoms with Crippen LogP contribution in [-0.2, 0) is 15.1 Å². The summed E-state index contributed by atoms with van der Waals surface area (Å²) in [5, 5.41) is 22.9. The largest absolute Gasteiger partial charge is 0.481 e. The van der Waals surface area contributed by atoms with Crippen LogP contribution in [0.1, 0.15) is 23.1 Å². The van der Waals surface area contributed by atoms with Crippen LogP contribution in [0.4, 0.5) is 0 Å². The van der Waals surface area contributed by atoms with E-state index in [2.05, 4.69) is 46.6 Å². The maximum atomic E-state index is 12.3. The number of benzene rings is 3. The van der Waals surface area contributed by atoms with E-state index >= 15 is 0 Å². The molecule has 1 heterocycles. The molecule has 6 nitrogen and oxygen atoms in total. The highest BCUT2D eigenvalue weighted by Gasteiger charge is 2.49. The number of carbonyl (C=O) groups is 2. The molecule has 170 valence electrons. The molecule has 1 saturated heterocycles. The standard InChI is InChI=1S/C27H28N2O4/c30-25(31)18-23(26(32)33)24-19-28-16-17-29(24)27(20-10-4-1-5-11-20,21-12-6-2-7-13-21)22-14-8-3-9-15-22/h1-15,23-24,28H,16-19H2,(H,30,31)(H,32,33). The summed E-state index contributed by atoms with van der Waals surface area (Å²) < 4.78 is 0. The molecule has 1 aliphatic heterocycles. The molecule has 0 saturated carbocycles. The van der Waals surface area contributed by atoms with Crippen LogP contribution in [0, 0.1) is 5.92 Å². The Balaban J connectivity index is 2.01. The van der Waals surface area contributed by atoms with Crippen LogP contribution < -0.4 is 5.32 Å². The quantitative estimate of drug-likeness (QED) is 0.461. The van der Waals surface area contributed by atoms with Crippen LogP contribution >= 0.6 is 0 Å². The molecule has 2 unspecified atom stereocenters. The first-order valence-corrected chi connectivity index (χ1v) is 11.1. The van der Waals surface area contributed by atoms with Crippen molar-refractivity contribution < 1.29 is 19.8 Å². The summed E-state index contributed by atoms with van der Waals surface area (Å²) >= 11 is 0. The van der Waals surface area contributed by atoms with Crippen molar-refractivity contribution in [2.75, 3.05) is 19.6 Å². The van der Waals surface area contributed by atoms with Gasteiger partial charge in [0.15, 0.2) is 0 Å². The van der Waals surface area contributed by atoms with Crippen LogP contribution in [0.25, 0.3) is 0 Å².